The first-order valence-electron chi connectivity index (χ1n) is 12.3. The smallest absolute Gasteiger partial charge is 0.323 e. The second-order valence-electron chi connectivity index (χ2n) is 9.17. The van der Waals surface area contributed by atoms with Crippen LogP contribution in [0.3, 0.4) is 0 Å². The minimum absolute atomic E-state index is 0. The molecule has 0 spiro atoms. The fraction of sp³-hybridized carbons (Fsp3) is 0.241. The number of carbonyl (C=O) groups is 1. The van der Waals surface area contributed by atoms with Crippen LogP contribution in [0.4, 0.5) is 21.9 Å². The molecule has 0 radical (unpaired) electrons. The summed E-state index contributed by atoms with van der Waals surface area (Å²) in [5.41, 5.74) is 11.5. The van der Waals surface area contributed by atoms with E-state index in [4.69, 9.17) is 17.3 Å². The largest absolute Gasteiger partial charge is 0.368 e. The Balaban J connectivity index is 0.00000200. The van der Waals surface area contributed by atoms with E-state index in [1.54, 1.807) is 12.1 Å². The maximum atomic E-state index is 12.3. The second-order valence-corrected chi connectivity index (χ2v) is 9.58. The van der Waals surface area contributed by atoms with Crippen molar-refractivity contribution in [2.75, 3.05) is 42.5 Å². The maximum Gasteiger partial charge on any atom is 0.323 e. The molecule has 1 fully saturated rings. The van der Waals surface area contributed by atoms with Crippen LogP contribution in [-0.2, 0) is 6.42 Å². The van der Waals surface area contributed by atoms with Gasteiger partial charge < -0.3 is 10.6 Å². The van der Waals surface area contributed by atoms with Gasteiger partial charge >= 0.3 is 6.03 Å². The van der Waals surface area contributed by atoms with E-state index in [2.05, 4.69) is 51.2 Å². The number of primary amides is 1. The summed E-state index contributed by atoms with van der Waals surface area (Å²) in [5, 5.41) is 1.70. The van der Waals surface area contributed by atoms with Gasteiger partial charge in [-0.1, -0.05) is 41.9 Å². The third-order valence-electron chi connectivity index (χ3n) is 6.76. The molecule has 9 heteroatoms. The van der Waals surface area contributed by atoms with Gasteiger partial charge in [0.2, 0.25) is 0 Å². The van der Waals surface area contributed by atoms with Crippen molar-refractivity contribution in [2.24, 2.45) is 5.73 Å². The van der Waals surface area contributed by atoms with Gasteiger partial charge in [-0.25, -0.2) is 4.79 Å². The molecule has 0 unspecified atom stereocenters. The van der Waals surface area contributed by atoms with Crippen molar-refractivity contribution in [3.63, 3.8) is 0 Å². The average Bonchev–Trinajstić information content (AvgIpc) is 2.89. The highest BCUT2D eigenvalue weighted by Gasteiger charge is 2.20. The van der Waals surface area contributed by atoms with Crippen LogP contribution in [0.2, 0.25) is 5.02 Å². The fourth-order valence-electron chi connectivity index (χ4n) is 4.89. The van der Waals surface area contributed by atoms with Gasteiger partial charge in [-0.3, -0.25) is 14.8 Å². The quantitative estimate of drug-likeness (QED) is 0.282. The zero-order chi connectivity index (χ0) is 25.1. The molecule has 6 nitrogen and oxygen atoms in total. The van der Waals surface area contributed by atoms with Crippen molar-refractivity contribution in [3.8, 4) is 0 Å². The lowest BCUT2D eigenvalue weighted by molar-refractivity contribution is 0.256. The van der Waals surface area contributed by atoms with E-state index < -0.39 is 6.03 Å². The number of urea groups is 1. The van der Waals surface area contributed by atoms with E-state index in [1.807, 2.05) is 37.3 Å². The maximum absolute atomic E-state index is 12.3. The minimum Gasteiger partial charge on any atom is -0.368 e. The Labute approximate surface area is 241 Å². The zero-order valence-electron chi connectivity index (χ0n) is 21.2. The number of pyridine rings is 1. The van der Waals surface area contributed by atoms with Crippen molar-refractivity contribution in [1.82, 2.24) is 9.88 Å². The normalized spacial score (nSPS) is 13.5. The number of nitrogens with zero attached hydrogens (tertiary/aromatic N) is 4. The van der Waals surface area contributed by atoms with Gasteiger partial charge in [0.25, 0.3) is 0 Å². The van der Waals surface area contributed by atoms with Crippen LogP contribution in [0, 0.1) is 6.92 Å². The molecule has 1 aromatic heterocycles. The van der Waals surface area contributed by atoms with Crippen molar-refractivity contribution in [2.45, 2.75) is 13.3 Å². The van der Waals surface area contributed by atoms with Gasteiger partial charge in [0.15, 0.2) is 0 Å². The number of nitrogens with two attached hydrogens (primary N) is 1. The predicted molar refractivity (Wildman–Crippen MR) is 163 cm³/mol. The first kappa shape index (κ1) is 29.5. The third kappa shape index (κ3) is 6.51. The average molecular weight is 573 g/mol. The molecule has 0 aliphatic carbocycles. The molecule has 5 rings (SSSR count). The molecule has 1 aliphatic heterocycles. The summed E-state index contributed by atoms with van der Waals surface area (Å²) in [4.78, 5) is 23.4. The topological polar surface area (TPSA) is 65.7 Å². The molecule has 4 aromatic rings. The van der Waals surface area contributed by atoms with Crippen LogP contribution in [0.15, 0.2) is 78.9 Å². The SMILES string of the molecule is Cc1ccc2c(N3CCN(CCc4cccc(N(C(N)=O)c5ccccc5Cl)c4)CC3)cccc2n1.Cl.Cl. The molecule has 2 heterocycles. The molecule has 0 saturated carbocycles. The molecule has 2 amide bonds. The molecule has 2 N–H and O–H groups in total. The van der Waals surface area contributed by atoms with Crippen molar-refractivity contribution in [3.05, 3.63) is 95.1 Å². The van der Waals surface area contributed by atoms with Crippen LogP contribution in [0.25, 0.3) is 10.9 Å². The molecule has 0 atom stereocenters. The van der Waals surface area contributed by atoms with Crippen LogP contribution in [-0.4, -0.2) is 48.6 Å². The van der Waals surface area contributed by atoms with E-state index in [1.165, 1.54) is 16.0 Å². The first-order valence-corrected chi connectivity index (χ1v) is 12.6. The number of para-hydroxylation sites is 1. The Bertz CT molecular complexity index is 1390. The van der Waals surface area contributed by atoms with Crippen molar-refractivity contribution in [1.29, 1.82) is 0 Å². The highest BCUT2D eigenvalue weighted by Crippen LogP contribution is 2.32. The van der Waals surface area contributed by atoms with E-state index >= 15 is 0 Å². The Morgan fingerprint density at radius 1 is 0.947 bits per heavy atom. The van der Waals surface area contributed by atoms with E-state index in [-0.39, 0.29) is 24.8 Å². The number of hydrogen-bond acceptors (Lipinski definition) is 4. The lowest BCUT2D eigenvalue weighted by Gasteiger charge is -2.36. The Morgan fingerprint density at radius 3 is 2.42 bits per heavy atom. The number of aromatic nitrogens is 1. The highest BCUT2D eigenvalue weighted by atomic mass is 35.5. The molecular weight excluding hydrogens is 541 g/mol. The number of aryl methyl sites for hydroxylation is 1. The summed E-state index contributed by atoms with van der Waals surface area (Å²) < 4.78 is 0. The highest BCUT2D eigenvalue weighted by molar-refractivity contribution is 6.34. The zero-order valence-corrected chi connectivity index (χ0v) is 23.6. The van der Waals surface area contributed by atoms with Gasteiger partial charge in [0.05, 0.1) is 21.9 Å². The number of anilines is 3. The first-order chi connectivity index (χ1) is 17.5. The number of benzene rings is 3. The van der Waals surface area contributed by atoms with E-state index in [9.17, 15) is 4.79 Å². The number of carbonyl (C=O) groups excluding carboxylic acids is 1. The lowest BCUT2D eigenvalue weighted by Crippen LogP contribution is -2.47. The number of halogens is 3. The predicted octanol–water partition coefficient (Wildman–Crippen LogP) is 6.62. The monoisotopic (exact) mass is 571 g/mol. The molecule has 1 saturated heterocycles. The lowest BCUT2D eigenvalue weighted by atomic mass is 10.1. The standard InChI is InChI=1S/C29H30ClN5O.2ClH/c1-21-12-13-24-26(32-21)9-5-11-27(24)34-18-16-33(17-19-34)15-14-22-6-4-7-23(20-22)35(29(31)36)28-10-3-2-8-25(28)30;;/h2-13,20H,14-19H2,1H3,(H2,31,36);2*1H. The number of hydrogen-bond donors (Lipinski definition) is 1. The van der Waals surface area contributed by atoms with E-state index in [0.29, 0.717) is 10.7 Å². The van der Waals surface area contributed by atoms with Crippen molar-refractivity contribution < 1.29 is 4.79 Å². The number of amides is 2. The molecule has 38 heavy (non-hydrogen) atoms. The number of fused-ring (bicyclic) bond motifs is 1. The molecule has 1 aliphatic rings. The van der Waals surface area contributed by atoms with Gasteiger partial charge in [0, 0.05) is 49.5 Å². The van der Waals surface area contributed by atoms with Crippen LogP contribution in [0.1, 0.15) is 11.3 Å². The van der Waals surface area contributed by atoms with Gasteiger partial charge in [-0.2, -0.15) is 0 Å². The summed E-state index contributed by atoms with van der Waals surface area (Å²) in [6.45, 7) is 6.95. The van der Waals surface area contributed by atoms with Crippen LogP contribution in [0.5, 0.6) is 0 Å². The number of piperazine rings is 1. The molecule has 200 valence electrons. The van der Waals surface area contributed by atoms with Gasteiger partial charge in [0.1, 0.15) is 0 Å². The minimum atomic E-state index is -0.560. The van der Waals surface area contributed by atoms with Crippen LogP contribution >= 0.6 is 36.4 Å². The number of rotatable bonds is 6. The van der Waals surface area contributed by atoms with Gasteiger partial charge in [-0.15, -0.1) is 24.8 Å². The summed E-state index contributed by atoms with van der Waals surface area (Å²) in [6, 6.07) is 25.3. The molecule has 3 aromatic carbocycles. The third-order valence-corrected chi connectivity index (χ3v) is 7.08. The second kappa shape index (κ2) is 13.2. The van der Waals surface area contributed by atoms with E-state index in [0.717, 1.165) is 61.6 Å². The Morgan fingerprint density at radius 2 is 1.68 bits per heavy atom. The Kier molecular flexibility index (Phi) is 10.2. The van der Waals surface area contributed by atoms with Crippen LogP contribution < -0.4 is 15.5 Å². The molecule has 0 bridgehead atoms. The molecular formula is C29H32Cl3N5O. The summed E-state index contributed by atoms with van der Waals surface area (Å²) in [5.74, 6) is 0. The van der Waals surface area contributed by atoms with Crippen molar-refractivity contribution >= 4 is 70.4 Å². The summed E-state index contributed by atoms with van der Waals surface area (Å²) >= 11 is 6.35. The van der Waals surface area contributed by atoms with Gasteiger partial charge in [-0.05, 0) is 67.4 Å². The Hall–Kier alpha value is -3.03. The summed E-state index contributed by atoms with van der Waals surface area (Å²) in [6.07, 6.45) is 0.889. The fourth-order valence-corrected chi connectivity index (χ4v) is 5.11. The summed E-state index contributed by atoms with van der Waals surface area (Å²) in [7, 11) is 0.